The maximum atomic E-state index is 11.3. The van der Waals surface area contributed by atoms with Crippen molar-refractivity contribution >= 4 is 11.9 Å². The van der Waals surface area contributed by atoms with E-state index >= 15 is 0 Å². The fraction of sp³-hybridized carbons (Fsp3) is 0.800. The SMILES string of the molecule is CCOC(=O)C(CC(C)(O)CC)C(=O)O. The molecule has 0 aliphatic rings. The van der Waals surface area contributed by atoms with Crippen molar-refractivity contribution in [2.45, 2.75) is 39.2 Å². The van der Waals surface area contributed by atoms with Gasteiger partial charge in [0.2, 0.25) is 0 Å². The number of hydrogen-bond donors (Lipinski definition) is 2. The van der Waals surface area contributed by atoms with Gasteiger partial charge in [0, 0.05) is 0 Å². The van der Waals surface area contributed by atoms with Crippen LogP contribution in [0, 0.1) is 5.92 Å². The van der Waals surface area contributed by atoms with Crippen LogP contribution in [-0.4, -0.2) is 34.4 Å². The van der Waals surface area contributed by atoms with E-state index in [4.69, 9.17) is 5.11 Å². The first-order valence-corrected chi connectivity index (χ1v) is 4.96. The molecule has 0 aliphatic carbocycles. The van der Waals surface area contributed by atoms with Crippen LogP contribution in [0.25, 0.3) is 0 Å². The van der Waals surface area contributed by atoms with E-state index in [1.54, 1.807) is 13.8 Å². The van der Waals surface area contributed by atoms with Gasteiger partial charge < -0.3 is 14.9 Å². The molecule has 0 rings (SSSR count). The van der Waals surface area contributed by atoms with Gasteiger partial charge in [-0.1, -0.05) is 6.92 Å². The maximum Gasteiger partial charge on any atom is 0.320 e. The van der Waals surface area contributed by atoms with Crippen molar-refractivity contribution in [1.82, 2.24) is 0 Å². The second-order valence-corrected chi connectivity index (χ2v) is 3.70. The molecule has 0 fully saturated rings. The molecule has 0 aliphatic heterocycles. The number of carbonyl (C=O) groups excluding carboxylic acids is 1. The molecule has 0 radical (unpaired) electrons. The number of carbonyl (C=O) groups is 2. The van der Waals surface area contributed by atoms with Crippen molar-refractivity contribution in [3.8, 4) is 0 Å². The second kappa shape index (κ2) is 5.70. The van der Waals surface area contributed by atoms with Crippen LogP contribution in [0.5, 0.6) is 0 Å². The molecule has 15 heavy (non-hydrogen) atoms. The minimum absolute atomic E-state index is 0.127. The summed E-state index contributed by atoms with van der Waals surface area (Å²) in [5.41, 5.74) is -1.16. The van der Waals surface area contributed by atoms with E-state index < -0.39 is 23.5 Å². The number of hydrogen-bond acceptors (Lipinski definition) is 4. The predicted octanol–water partition coefficient (Wildman–Crippen LogP) is 0.801. The lowest BCUT2D eigenvalue weighted by molar-refractivity contribution is -0.161. The summed E-state index contributed by atoms with van der Waals surface area (Å²) >= 11 is 0. The molecule has 0 bridgehead atoms. The highest BCUT2D eigenvalue weighted by Crippen LogP contribution is 2.21. The molecule has 2 N–H and O–H groups in total. The first-order chi connectivity index (χ1) is 6.84. The number of aliphatic hydroxyl groups is 1. The summed E-state index contributed by atoms with van der Waals surface area (Å²) in [4.78, 5) is 22.1. The summed E-state index contributed by atoms with van der Waals surface area (Å²) in [6, 6.07) is 0. The van der Waals surface area contributed by atoms with Gasteiger partial charge in [-0.25, -0.2) is 0 Å². The van der Waals surface area contributed by atoms with Gasteiger partial charge in [0.1, 0.15) is 0 Å². The largest absolute Gasteiger partial charge is 0.481 e. The average molecular weight is 218 g/mol. The molecule has 0 heterocycles. The number of rotatable bonds is 6. The lowest BCUT2D eigenvalue weighted by Crippen LogP contribution is -2.35. The van der Waals surface area contributed by atoms with Gasteiger partial charge in [-0.05, 0) is 26.7 Å². The van der Waals surface area contributed by atoms with Crippen LogP contribution in [0.15, 0.2) is 0 Å². The average Bonchev–Trinajstić information content (AvgIpc) is 2.14. The zero-order chi connectivity index (χ0) is 12.1. The third kappa shape index (κ3) is 4.78. The quantitative estimate of drug-likeness (QED) is 0.509. The Morgan fingerprint density at radius 1 is 1.40 bits per heavy atom. The zero-order valence-corrected chi connectivity index (χ0v) is 9.32. The fourth-order valence-electron chi connectivity index (χ4n) is 1.10. The van der Waals surface area contributed by atoms with Crippen molar-refractivity contribution in [3.63, 3.8) is 0 Å². The van der Waals surface area contributed by atoms with Crippen LogP contribution in [0.3, 0.4) is 0 Å². The number of carboxylic acids is 1. The van der Waals surface area contributed by atoms with Crippen LogP contribution in [0.4, 0.5) is 0 Å². The van der Waals surface area contributed by atoms with E-state index in [1.165, 1.54) is 6.92 Å². The molecule has 0 amide bonds. The standard InChI is InChI=1S/C10H18O5/c1-4-10(3,14)6-7(8(11)12)9(13)15-5-2/h7,14H,4-6H2,1-3H3,(H,11,12). The first-order valence-electron chi connectivity index (χ1n) is 4.96. The Bertz CT molecular complexity index is 234. The first kappa shape index (κ1) is 13.9. The number of aliphatic carboxylic acids is 1. The van der Waals surface area contributed by atoms with E-state index in [-0.39, 0.29) is 13.0 Å². The predicted molar refractivity (Wildman–Crippen MR) is 53.3 cm³/mol. The van der Waals surface area contributed by atoms with Gasteiger partial charge in [0.15, 0.2) is 5.92 Å². The molecule has 0 saturated heterocycles. The smallest absolute Gasteiger partial charge is 0.320 e. The third-order valence-corrected chi connectivity index (χ3v) is 2.27. The van der Waals surface area contributed by atoms with Crippen LogP contribution in [-0.2, 0) is 14.3 Å². The van der Waals surface area contributed by atoms with Gasteiger partial charge >= 0.3 is 11.9 Å². The van der Waals surface area contributed by atoms with Crippen LogP contribution >= 0.6 is 0 Å². The molecule has 0 saturated carbocycles. The number of carboxylic acid groups (broad SMARTS) is 1. The van der Waals surface area contributed by atoms with Gasteiger partial charge in [0.05, 0.1) is 12.2 Å². The van der Waals surface area contributed by atoms with E-state index in [0.29, 0.717) is 6.42 Å². The molecular formula is C10H18O5. The molecule has 88 valence electrons. The van der Waals surface area contributed by atoms with Gasteiger partial charge in [-0.2, -0.15) is 0 Å². The maximum absolute atomic E-state index is 11.3. The van der Waals surface area contributed by atoms with Crippen molar-refractivity contribution in [2.24, 2.45) is 5.92 Å². The van der Waals surface area contributed by atoms with E-state index in [9.17, 15) is 14.7 Å². The van der Waals surface area contributed by atoms with Crippen LogP contribution in [0.1, 0.15) is 33.6 Å². The lowest BCUT2D eigenvalue weighted by atomic mass is 9.90. The number of esters is 1. The highest BCUT2D eigenvalue weighted by Gasteiger charge is 2.34. The van der Waals surface area contributed by atoms with Crippen LogP contribution < -0.4 is 0 Å². The molecule has 0 aromatic heterocycles. The fourth-order valence-corrected chi connectivity index (χ4v) is 1.10. The minimum Gasteiger partial charge on any atom is -0.481 e. The van der Waals surface area contributed by atoms with Crippen molar-refractivity contribution in [2.75, 3.05) is 6.61 Å². The number of ether oxygens (including phenoxy) is 1. The van der Waals surface area contributed by atoms with Crippen molar-refractivity contribution in [3.05, 3.63) is 0 Å². The summed E-state index contributed by atoms with van der Waals surface area (Å²) in [5, 5.41) is 18.5. The molecule has 0 spiro atoms. The Hall–Kier alpha value is -1.10. The van der Waals surface area contributed by atoms with Gasteiger partial charge in [-0.3, -0.25) is 9.59 Å². The summed E-state index contributed by atoms with van der Waals surface area (Å²) in [6.45, 7) is 4.97. The minimum atomic E-state index is -1.29. The second-order valence-electron chi connectivity index (χ2n) is 3.70. The summed E-state index contributed by atoms with van der Waals surface area (Å²) in [5.74, 6) is -3.35. The Kier molecular flexibility index (Phi) is 5.28. The van der Waals surface area contributed by atoms with Crippen LogP contribution in [0.2, 0.25) is 0 Å². The summed E-state index contributed by atoms with van der Waals surface area (Å²) in [6.07, 6.45) is 0.258. The molecule has 5 heteroatoms. The summed E-state index contributed by atoms with van der Waals surface area (Å²) < 4.78 is 4.62. The Balaban J connectivity index is 4.55. The normalized spacial score (nSPS) is 16.5. The zero-order valence-electron chi connectivity index (χ0n) is 9.32. The Morgan fingerprint density at radius 3 is 2.27 bits per heavy atom. The van der Waals surface area contributed by atoms with Gasteiger partial charge in [0.25, 0.3) is 0 Å². The lowest BCUT2D eigenvalue weighted by Gasteiger charge is -2.24. The Labute approximate surface area is 89.0 Å². The highest BCUT2D eigenvalue weighted by atomic mass is 16.5. The Morgan fingerprint density at radius 2 is 1.93 bits per heavy atom. The van der Waals surface area contributed by atoms with Crippen molar-refractivity contribution in [1.29, 1.82) is 0 Å². The molecular weight excluding hydrogens is 200 g/mol. The van der Waals surface area contributed by atoms with E-state index in [2.05, 4.69) is 4.74 Å². The third-order valence-electron chi connectivity index (χ3n) is 2.27. The molecule has 2 atom stereocenters. The summed E-state index contributed by atoms with van der Waals surface area (Å²) in [7, 11) is 0. The molecule has 0 aromatic rings. The highest BCUT2D eigenvalue weighted by molar-refractivity contribution is 5.93. The topological polar surface area (TPSA) is 83.8 Å². The monoisotopic (exact) mass is 218 g/mol. The van der Waals surface area contributed by atoms with Crippen molar-refractivity contribution < 1.29 is 24.5 Å². The van der Waals surface area contributed by atoms with E-state index in [1.807, 2.05) is 0 Å². The van der Waals surface area contributed by atoms with Gasteiger partial charge in [-0.15, -0.1) is 0 Å². The molecule has 2 unspecified atom stereocenters. The molecule has 0 aromatic carbocycles. The molecule has 5 nitrogen and oxygen atoms in total. The van der Waals surface area contributed by atoms with E-state index in [0.717, 1.165) is 0 Å².